The predicted molar refractivity (Wildman–Crippen MR) is 80.0 cm³/mol. The summed E-state index contributed by atoms with van der Waals surface area (Å²) in [6, 6.07) is 0.555. The summed E-state index contributed by atoms with van der Waals surface area (Å²) in [5.74, 6) is 3.48. The third-order valence-electron chi connectivity index (χ3n) is 4.92. The molecule has 4 heteroatoms. The number of nitrogens with one attached hydrogen (secondary N) is 1. The largest absolute Gasteiger partial charge is 0.314 e. The minimum Gasteiger partial charge on any atom is -0.314 e. The lowest BCUT2D eigenvalue weighted by molar-refractivity contribution is 0.317. The molecule has 0 amide bonds. The van der Waals surface area contributed by atoms with Crippen molar-refractivity contribution in [1.29, 1.82) is 0 Å². The molecule has 2 rings (SSSR count). The third-order valence-corrected chi connectivity index (χ3v) is 6.71. The number of hydrogen-bond acceptors (Lipinski definition) is 3. The molecule has 3 atom stereocenters. The van der Waals surface area contributed by atoms with Crippen LogP contribution in [-0.2, 0) is 9.84 Å². The van der Waals surface area contributed by atoms with Crippen LogP contribution in [0.2, 0.25) is 0 Å². The lowest BCUT2D eigenvalue weighted by atomic mass is 9.91. The number of hydrogen-bond donors (Lipinski definition) is 1. The topological polar surface area (TPSA) is 46.2 Å². The van der Waals surface area contributed by atoms with Crippen molar-refractivity contribution in [3.63, 3.8) is 0 Å². The van der Waals surface area contributed by atoms with Crippen LogP contribution in [0.5, 0.6) is 0 Å². The van der Waals surface area contributed by atoms with Crippen molar-refractivity contribution in [2.24, 2.45) is 17.8 Å². The van der Waals surface area contributed by atoms with Gasteiger partial charge in [-0.05, 0) is 62.8 Å². The first-order valence-electron chi connectivity index (χ1n) is 7.99. The van der Waals surface area contributed by atoms with Crippen LogP contribution < -0.4 is 5.32 Å². The molecule has 0 saturated heterocycles. The molecule has 3 unspecified atom stereocenters. The van der Waals surface area contributed by atoms with Crippen LogP contribution in [0.15, 0.2) is 0 Å². The Morgan fingerprint density at radius 2 is 1.84 bits per heavy atom. The first-order valence-corrected chi connectivity index (χ1v) is 9.81. The van der Waals surface area contributed by atoms with Crippen LogP contribution in [0, 0.1) is 17.8 Å². The zero-order valence-corrected chi connectivity index (χ0v) is 13.2. The average Bonchev–Trinajstić information content (AvgIpc) is 3.00. The number of rotatable bonds is 9. The molecule has 2 fully saturated rings. The highest BCUT2D eigenvalue weighted by Gasteiger charge is 2.47. The molecule has 0 aromatic heterocycles. The molecule has 0 spiro atoms. The molecule has 0 aliphatic heterocycles. The Labute approximate surface area is 118 Å². The Morgan fingerprint density at radius 1 is 1.16 bits per heavy atom. The van der Waals surface area contributed by atoms with Crippen LogP contribution in [-0.4, -0.2) is 32.5 Å². The first-order chi connectivity index (χ1) is 9.05. The summed E-state index contributed by atoms with van der Waals surface area (Å²) in [6.07, 6.45) is 7.23. The van der Waals surface area contributed by atoms with Gasteiger partial charge in [-0.1, -0.05) is 13.8 Å². The van der Waals surface area contributed by atoms with Crippen LogP contribution in [0.1, 0.15) is 52.4 Å². The molecule has 19 heavy (non-hydrogen) atoms. The second kappa shape index (κ2) is 6.57. The molecule has 0 radical (unpaired) electrons. The molecule has 0 aromatic carbocycles. The van der Waals surface area contributed by atoms with Crippen LogP contribution in [0.3, 0.4) is 0 Å². The minimum atomic E-state index is -2.79. The van der Waals surface area contributed by atoms with Crippen molar-refractivity contribution < 1.29 is 8.42 Å². The smallest absolute Gasteiger partial charge is 0.150 e. The molecular weight excluding hydrogens is 258 g/mol. The molecular formula is C15H29NO2S. The Bertz CT molecular complexity index is 370. The van der Waals surface area contributed by atoms with Gasteiger partial charge in [-0.2, -0.15) is 0 Å². The van der Waals surface area contributed by atoms with Crippen molar-refractivity contribution in [2.75, 3.05) is 18.1 Å². The fourth-order valence-electron chi connectivity index (χ4n) is 3.59. The van der Waals surface area contributed by atoms with E-state index in [-0.39, 0.29) is 5.75 Å². The lowest BCUT2D eigenvalue weighted by Gasteiger charge is -2.26. The maximum absolute atomic E-state index is 11.6. The summed E-state index contributed by atoms with van der Waals surface area (Å²) < 4.78 is 23.1. The predicted octanol–water partition coefficient (Wildman–Crippen LogP) is 2.62. The molecule has 0 heterocycles. The molecule has 0 bridgehead atoms. The van der Waals surface area contributed by atoms with Gasteiger partial charge in [0.05, 0.1) is 5.75 Å². The van der Waals surface area contributed by atoms with E-state index < -0.39 is 9.84 Å². The van der Waals surface area contributed by atoms with Gasteiger partial charge in [-0.25, -0.2) is 8.42 Å². The number of fused-ring (bicyclic) bond motifs is 1. The summed E-state index contributed by atoms with van der Waals surface area (Å²) in [5.41, 5.74) is 0. The third kappa shape index (κ3) is 4.45. The zero-order chi connectivity index (χ0) is 13.9. The van der Waals surface area contributed by atoms with Crippen molar-refractivity contribution in [3.05, 3.63) is 0 Å². The van der Waals surface area contributed by atoms with Crippen LogP contribution in [0.25, 0.3) is 0 Å². The normalized spacial score (nSPS) is 31.2. The number of sulfone groups is 1. The van der Waals surface area contributed by atoms with Gasteiger partial charge in [0.15, 0.2) is 0 Å². The second-order valence-corrected chi connectivity index (χ2v) is 8.90. The van der Waals surface area contributed by atoms with Gasteiger partial charge >= 0.3 is 0 Å². The van der Waals surface area contributed by atoms with Crippen molar-refractivity contribution >= 4 is 9.84 Å². The van der Waals surface area contributed by atoms with Crippen LogP contribution >= 0.6 is 0 Å². The zero-order valence-electron chi connectivity index (χ0n) is 12.4. The fraction of sp³-hybridized carbons (Fsp3) is 1.00. The SMILES string of the molecule is CCCNC(CCCS(=O)(=O)CC)C1CC2CC2C1. The van der Waals surface area contributed by atoms with Gasteiger partial charge in [0, 0.05) is 11.8 Å². The van der Waals surface area contributed by atoms with E-state index in [1.807, 2.05) is 0 Å². The van der Waals surface area contributed by atoms with E-state index >= 15 is 0 Å². The summed E-state index contributed by atoms with van der Waals surface area (Å²) in [5, 5.41) is 3.66. The summed E-state index contributed by atoms with van der Waals surface area (Å²) in [6.45, 7) is 5.00. The van der Waals surface area contributed by atoms with Gasteiger partial charge in [0.25, 0.3) is 0 Å². The monoisotopic (exact) mass is 287 g/mol. The van der Waals surface area contributed by atoms with Crippen LogP contribution in [0.4, 0.5) is 0 Å². The summed E-state index contributed by atoms with van der Waals surface area (Å²) >= 11 is 0. The maximum Gasteiger partial charge on any atom is 0.150 e. The Morgan fingerprint density at radius 3 is 2.42 bits per heavy atom. The van der Waals surface area contributed by atoms with E-state index in [2.05, 4.69) is 12.2 Å². The van der Waals surface area contributed by atoms with Gasteiger partial charge in [0.1, 0.15) is 9.84 Å². The first kappa shape index (κ1) is 15.3. The molecule has 0 aromatic rings. The molecule has 112 valence electrons. The molecule has 2 aliphatic carbocycles. The minimum absolute atomic E-state index is 0.285. The quantitative estimate of drug-likeness (QED) is 0.709. The molecule has 2 aliphatic rings. The van der Waals surface area contributed by atoms with E-state index in [4.69, 9.17) is 0 Å². The van der Waals surface area contributed by atoms with E-state index in [0.717, 1.165) is 43.6 Å². The van der Waals surface area contributed by atoms with Crippen molar-refractivity contribution in [2.45, 2.75) is 58.4 Å². The Balaban J connectivity index is 1.77. The lowest BCUT2D eigenvalue weighted by Crippen LogP contribution is -2.36. The maximum atomic E-state index is 11.6. The van der Waals surface area contributed by atoms with E-state index in [1.165, 1.54) is 19.3 Å². The van der Waals surface area contributed by atoms with E-state index in [0.29, 0.717) is 11.8 Å². The Kier molecular flexibility index (Phi) is 5.29. The van der Waals surface area contributed by atoms with E-state index in [9.17, 15) is 8.42 Å². The molecule has 3 nitrogen and oxygen atoms in total. The highest BCUT2D eigenvalue weighted by atomic mass is 32.2. The van der Waals surface area contributed by atoms with Gasteiger partial charge in [-0.3, -0.25) is 0 Å². The molecule has 1 N–H and O–H groups in total. The molecule has 2 saturated carbocycles. The fourth-order valence-corrected chi connectivity index (χ4v) is 4.49. The standard InChI is InChI=1S/C15H29NO2S/c1-3-7-16-15(6-5-8-19(17,18)4-2)14-10-12-9-13(12)11-14/h12-16H,3-11H2,1-2H3. The van der Waals surface area contributed by atoms with Crippen molar-refractivity contribution in [3.8, 4) is 0 Å². The highest BCUT2D eigenvalue weighted by molar-refractivity contribution is 7.91. The van der Waals surface area contributed by atoms with Gasteiger partial charge in [0.2, 0.25) is 0 Å². The Hall–Kier alpha value is -0.0900. The summed E-state index contributed by atoms with van der Waals surface area (Å²) in [7, 11) is -2.79. The average molecular weight is 287 g/mol. The second-order valence-electron chi connectivity index (χ2n) is 6.43. The summed E-state index contributed by atoms with van der Waals surface area (Å²) in [4.78, 5) is 0. The van der Waals surface area contributed by atoms with Gasteiger partial charge < -0.3 is 5.32 Å². The highest BCUT2D eigenvalue weighted by Crippen LogP contribution is 2.55. The van der Waals surface area contributed by atoms with E-state index in [1.54, 1.807) is 6.92 Å². The van der Waals surface area contributed by atoms with Gasteiger partial charge in [-0.15, -0.1) is 0 Å². The van der Waals surface area contributed by atoms with Crippen molar-refractivity contribution in [1.82, 2.24) is 5.32 Å².